The van der Waals surface area contributed by atoms with Crippen LogP contribution in [-0.4, -0.2) is 34.3 Å². The Kier molecular flexibility index (Phi) is 4.49. The smallest absolute Gasteiger partial charge is 0.221 e. The molecule has 0 spiro atoms. The predicted octanol–water partition coefficient (Wildman–Crippen LogP) is 1.36. The maximum Gasteiger partial charge on any atom is 0.221 e. The minimum absolute atomic E-state index is 0.151. The Morgan fingerprint density at radius 1 is 1.44 bits per heavy atom. The summed E-state index contributed by atoms with van der Waals surface area (Å²) in [4.78, 5) is 8.15. The van der Waals surface area contributed by atoms with Crippen LogP contribution in [0.25, 0.3) is 0 Å². The van der Waals surface area contributed by atoms with Gasteiger partial charge in [0.05, 0.1) is 18.8 Å². The molecule has 1 aromatic rings. The molecular formula is C11H19N3O2. The van der Waals surface area contributed by atoms with Crippen molar-refractivity contribution in [2.75, 3.05) is 12.4 Å². The summed E-state index contributed by atoms with van der Waals surface area (Å²) < 4.78 is 5.11. The second kappa shape index (κ2) is 5.65. The van der Waals surface area contributed by atoms with Gasteiger partial charge in [-0.3, -0.25) is 0 Å². The molecule has 16 heavy (non-hydrogen) atoms. The Morgan fingerprint density at radius 3 is 2.69 bits per heavy atom. The zero-order chi connectivity index (χ0) is 12.1. The second-order valence-corrected chi connectivity index (χ2v) is 3.99. The first-order valence-electron chi connectivity index (χ1n) is 5.34. The van der Waals surface area contributed by atoms with Crippen molar-refractivity contribution in [2.24, 2.45) is 0 Å². The van der Waals surface area contributed by atoms with Crippen LogP contribution >= 0.6 is 0 Å². The minimum atomic E-state index is -0.327. The molecule has 0 fully saturated rings. The first-order chi connectivity index (χ1) is 7.54. The van der Waals surface area contributed by atoms with Gasteiger partial charge in [-0.2, -0.15) is 0 Å². The quantitative estimate of drug-likeness (QED) is 0.792. The summed E-state index contributed by atoms with van der Waals surface area (Å²) >= 11 is 0. The lowest BCUT2D eigenvalue weighted by Gasteiger charge is -2.17. The Labute approximate surface area is 95.9 Å². The number of nitrogens with zero attached hydrogens (tertiary/aromatic N) is 2. The largest absolute Gasteiger partial charge is 0.481 e. The van der Waals surface area contributed by atoms with Crippen LogP contribution < -0.4 is 10.1 Å². The molecule has 0 amide bonds. The van der Waals surface area contributed by atoms with Gasteiger partial charge in [-0.15, -0.1) is 0 Å². The fourth-order valence-corrected chi connectivity index (χ4v) is 1.59. The fourth-order valence-electron chi connectivity index (χ4n) is 1.59. The maximum absolute atomic E-state index is 9.27. The summed E-state index contributed by atoms with van der Waals surface area (Å²) in [5.74, 6) is 1.32. The Morgan fingerprint density at radius 2 is 2.12 bits per heavy atom. The zero-order valence-corrected chi connectivity index (χ0v) is 10.2. The molecule has 2 N–H and O–H groups in total. The van der Waals surface area contributed by atoms with Crippen LogP contribution in [0.3, 0.4) is 0 Å². The van der Waals surface area contributed by atoms with Crippen molar-refractivity contribution in [3.8, 4) is 5.88 Å². The van der Waals surface area contributed by atoms with Gasteiger partial charge in [0.1, 0.15) is 12.1 Å². The van der Waals surface area contributed by atoms with Gasteiger partial charge in [0.25, 0.3) is 0 Å². The molecule has 1 heterocycles. The average Bonchev–Trinajstić information content (AvgIpc) is 2.20. The molecule has 90 valence electrons. The molecule has 0 aromatic carbocycles. The molecule has 0 bridgehead atoms. The first-order valence-corrected chi connectivity index (χ1v) is 5.34. The SMILES string of the molecule is COc1ncnc(NC(C)CC(C)O)c1C. The first kappa shape index (κ1) is 12.7. The van der Waals surface area contributed by atoms with E-state index in [1.165, 1.54) is 6.33 Å². The van der Waals surface area contributed by atoms with E-state index in [1.54, 1.807) is 14.0 Å². The minimum Gasteiger partial charge on any atom is -0.481 e. The molecule has 0 saturated carbocycles. The van der Waals surface area contributed by atoms with Crippen molar-refractivity contribution in [1.29, 1.82) is 0 Å². The van der Waals surface area contributed by atoms with Gasteiger partial charge in [0.2, 0.25) is 5.88 Å². The lowest BCUT2D eigenvalue weighted by Crippen LogP contribution is -2.22. The van der Waals surface area contributed by atoms with Crippen LogP contribution in [0.1, 0.15) is 25.8 Å². The highest BCUT2D eigenvalue weighted by Gasteiger charge is 2.11. The molecule has 0 radical (unpaired) electrons. The molecule has 5 heteroatoms. The number of rotatable bonds is 5. The van der Waals surface area contributed by atoms with E-state index in [9.17, 15) is 5.11 Å². The van der Waals surface area contributed by atoms with Gasteiger partial charge < -0.3 is 15.2 Å². The highest BCUT2D eigenvalue weighted by molar-refractivity contribution is 5.48. The van der Waals surface area contributed by atoms with Crippen molar-refractivity contribution in [3.63, 3.8) is 0 Å². The highest BCUT2D eigenvalue weighted by atomic mass is 16.5. The second-order valence-electron chi connectivity index (χ2n) is 3.99. The third kappa shape index (κ3) is 3.34. The predicted molar refractivity (Wildman–Crippen MR) is 62.7 cm³/mol. The van der Waals surface area contributed by atoms with Gasteiger partial charge in [-0.1, -0.05) is 0 Å². The van der Waals surface area contributed by atoms with E-state index < -0.39 is 0 Å². The molecule has 1 aromatic heterocycles. The summed E-state index contributed by atoms with van der Waals surface area (Å²) in [6.45, 7) is 5.67. The third-order valence-electron chi connectivity index (χ3n) is 2.31. The van der Waals surface area contributed by atoms with Gasteiger partial charge in [-0.25, -0.2) is 9.97 Å². The number of hydrogen-bond donors (Lipinski definition) is 2. The van der Waals surface area contributed by atoms with Crippen molar-refractivity contribution in [3.05, 3.63) is 11.9 Å². The van der Waals surface area contributed by atoms with Crippen molar-refractivity contribution < 1.29 is 9.84 Å². The van der Waals surface area contributed by atoms with Crippen LogP contribution in [0, 0.1) is 6.92 Å². The Balaban J connectivity index is 2.73. The number of anilines is 1. The fraction of sp³-hybridized carbons (Fsp3) is 0.636. The summed E-state index contributed by atoms with van der Waals surface area (Å²) in [5.41, 5.74) is 0.877. The molecule has 2 atom stereocenters. The van der Waals surface area contributed by atoms with Crippen molar-refractivity contribution >= 4 is 5.82 Å². The maximum atomic E-state index is 9.27. The van der Waals surface area contributed by atoms with Crippen LogP contribution in [0.5, 0.6) is 5.88 Å². The molecule has 0 aliphatic carbocycles. The van der Waals surface area contributed by atoms with Gasteiger partial charge in [0.15, 0.2) is 0 Å². The van der Waals surface area contributed by atoms with E-state index in [0.717, 1.165) is 11.4 Å². The normalized spacial score (nSPS) is 14.3. The van der Waals surface area contributed by atoms with E-state index in [4.69, 9.17) is 4.74 Å². The monoisotopic (exact) mass is 225 g/mol. The Hall–Kier alpha value is -1.36. The number of aliphatic hydroxyl groups is 1. The lowest BCUT2D eigenvalue weighted by molar-refractivity contribution is 0.179. The topological polar surface area (TPSA) is 67.3 Å². The van der Waals surface area contributed by atoms with Crippen LogP contribution in [-0.2, 0) is 0 Å². The zero-order valence-electron chi connectivity index (χ0n) is 10.2. The molecule has 0 aliphatic rings. The molecule has 5 nitrogen and oxygen atoms in total. The third-order valence-corrected chi connectivity index (χ3v) is 2.31. The van der Waals surface area contributed by atoms with Crippen LogP contribution in [0.4, 0.5) is 5.82 Å². The molecule has 1 rings (SSSR count). The van der Waals surface area contributed by atoms with E-state index >= 15 is 0 Å². The average molecular weight is 225 g/mol. The van der Waals surface area contributed by atoms with Gasteiger partial charge >= 0.3 is 0 Å². The summed E-state index contributed by atoms with van der Waals surface area (Å²) in [7, 11) is 1.58. The molecular weight excluding hydrogens is 206 g/mol. The van der Waals surface area contributed by atoms with Crippen LogP contribution in [0.15, 0.2) is 6.33 Å². The van der Waals surface area contributed by atoms with Gasteiger partial charge in [0, 0.05) is 6.04 Å². The van der Waals surface area contributed by atoms with Crippen molar-refractivity contribution in [2.45, 2.75) is 39.3 Å². The highest BCUT2D eigenvalue weighted by Crippen LogP contribution is 2.20. The Bertz CT molecular complexity index is 342. The van der Waals surface area contributed by atoms with E-state index in [1.807, 2.05) is 13.8 Å². The number of hydrogen-bond acceptors (Lipinski definition) is 5. The molecule has 0 aliphatic heterocycles. The summed E-state index contributed by atoms with van der Waals surface area (Å²) in [6.07, 6.45) is 1.81. The summed E-state index contributed by atoms with van der Waals surface area (Å²) in [6, 6.07) is 0.151. The standard InChI is InChI=1S/C11H19N3O2/c1-7(5-8(2)15)14-10-9(3)11(16-4)13-6-12-10/h6-8,15H,5H2,1-4H3,(H,12,13,14). The lowest BCUT2D eigenvalue weighted by atomic mass is 10.1. The molecule has 2 unspecified atom stereocenters. The number of aliphatic hydroxyl groups excluding tert-OH is 1. The van der Waals surface area contributed by atoms with E-state index in [2.05, 4.69) is 15.3 Å². The molecule has 0 saturated heterocycles. The van der Waals surface area contributed by atoms with Crippen molar-refractivity contribution in [1.82, 2.24) is 9.97 Å². The van der Waals surface area contributed by atoms with E-state index in [0.29, 0.717) is 12.3 Å². The van der Waals surface area contributed by atoms with Gasteiger partial charge in [-0.05, 0) is 27.2 Å². The van der Waals surface area contributed by atoms with Crippen LogP contribution in [0.2, 0.25) is 0 Å². The number of aromatic nitrogens is 2. The summed E-state index contributed by atoms with van der Waals surface area (Å²) in [5, 5.41) is 12.5. The number of nitrogens with one attached hydrogen (secondary N) is 1. The number of ether oxygens (including phenoxy) is 1. The van der Waals surface area contributed by atoms with E-state index in [-0.39, 0.29) is 12.1 Å². The number of methoxy groups -OCH3 is 1.